The van der Waals surface area contributed by atoms with E-state index in [1.807, 2.05) is 30.3 Å². The molecular formula is C24H22O3S. The zero-order valence-corrected chi connectivity index (χ0v) is 16.8. The van der Waals surface area contributed by atoms with Crippen molar-refractivity contribution in [3.05, 3.63) is 95.1 Å². The molecule has 4 rings (SSSR count). The molecule has 4 heteroatoms. The second-order valence-electron chi connectivity index (χ2n) is 7.04. The number of fused-ring (bicyclic) bond motifs is 1. The average Bonchev–Trinajstić information content (AvgIpc) is 2.72. The van der Waals surface area contributed by atoms with Crippen molar-refractivity contribution in [3.8, 4) is 5.75 Å². The third-order valence-electron chi connectivity index (χ3n) is 5.08. The first-order valence-corrected chi connectivity index (χ1v) is 11.2. The molecule has 1 aliphatic heterocycles. The maximum Gasteiger partial charge on any atom is 0.175 e. The fraction of sp³-hybridized carbons (Fsp3) is 0.167. The van der Waals surface area contributed by atoms with Crippen molar-refractivity contribution in [2.75, 3.05) is 6.26 Å². The van der Waals surface area contributed by atoms with Crippen LogP contribution in [0, 0.1) is 0 Å². The molecule has 0 saturated carbocycles. The van der Waals surface area contributed by atoms with Crippen molar-refractivity contribution in [1.29, 1.82) is 0 Å². The highest BCUT2D eigenvalue weighted by atomic mass is 32.2. The van der Waals surface area contributed by atoms with Gasteiger partial charge in [-0.25, -0.2) is 8.42 Å². The van der Waals surface area contributed by atoms with Crippen LogP contribution in [0.3, 0.4) is 0 Å². The van der Waals surface area contributed by atoms with Crippen LogP contribution in [-0.2, 0) is 22.7 Å². The molecule has 0 aliphatic carbocycles. The van der Waals surface area contributed by atoms with Crippen LogP contribution in [0.25, 0.3) is 11.3 Å². The van der Waals surface area contributed by atoms with Gasteiger partial charge in [-0.2, -0.15) is 0 Å². The summed E-state index contributed by atoms with van der Waals surface area (Å²) in [4.78, 5) is 0.307. The molecule has 0 bridgehead atoms. The Labute approximate surface area is 166 Å². The smallest absolute Gasteiger partial charge is 0.175 e. The molecule has 1 aliphatic rings. The Morgan fingerprint density at radius 2 is 1.50 bits per heavy atom. The van der Waals surface area contributed by atoms with Crippen molar-refractivity contribution in [1.82, 2.24) is 0 Å². The second-order valence-corrected chi connectivity index (χ2v) is 9.06. The van der Waals surface area contributed by atoms with E-state index < -0.39 is 9.84 Å². The molecule has 28 heavy (non-hydrogen) atoms. The Hall–Kier alpha value is -2.85. The molecule has 3 aromatic carbocycles. The van der Waals surface area contributed by atoms with E-state index in [1.165, 1.54) is 11.8 Å². The highest BCUT2D eigenvalue weighted by molar-refractivity contribution is 7.90. The number of hydrogen-bond donors (Lipinski definition) is 0. The lowest BCUT2D eigenvalue weighted by Crippen LogP contribution is -2.09. The van der Waals surface area contributed by atoms with E-state index in [-0.39, 0.29) is 0 Å². The standard InChI is InChI=1S/C24H22O3S/c1-3-17-8-10-18(11-9-17)22-16-20-6-4-5-7-23(20)27-24(22)19-12-14-21(15-13-19)28(2,25)26/h4-15H,3,16H2,1-2H3. The fourth-order valence-corrected chi connectivity index (χ4v) is 4.08. The Balaban J connectivity index is 1.83. The maximum atomic E-state index is 11.8. The molecule has 0 fully saturated rings. The van der Waals surface area contributed by atoms with Crippen molar-refractivity contribution < 1.29 is 13.2 Å². The summed E-state index contributed by atoms with van der Waals surface area (Å²) < 4.78 is 29.9. The van der Waals surface area contributed by atoms with Gasteiger partial charge < -0.3 is 4.74 Å². The predicted octanol–water partition coefficient (Wildman–Crippen LogP) is 5.16. The quantitative estimate of drug-likeness (QED) is 0.618. The molecule has 0 N–H and O–H groups in total. The first kappa shape index (κ1) is 18.5. The zero-order chi connectivity index (χ0) is 19.7. The highest BCUT2D eigenvalue weighted by Gasteiger charge is 2.22. The van der Waals surface area contributed by atoms with Gasteiger partial charge in [-0.3, -0.25) is 0 Å². The lowest BCUT2D eigenvalue weighted by Gasteiger charge is -2.24. The lowest BCUT2D eigenvalue weighted by atomic mass is 9.91. The molecule has 142 valence electrons. The third-order valence-corrected chi connectivity index (χ3v) is 6.21. The fourth-order valence-electron chi connectivity index (χ4n) is 3.45. The predicted molar refractivity (Wildman–Crippen MR) is 113 cm³/mol. The van der Waals surface area contributed by atoms with Gasteiger partial charge in [0.2, 0.25) is 0 Å². The Kier molecular flexibility index (Phi) is 4.82. The summed E-state index contributed by atoms with van der Waals surface area (Å²) in [5, 5.41) is 0. The summed E-state index contributed by atoms with van der Waals surface area (Å²) in [7, 11) is -3.23. The number of aryl methyl sites for hydroxylation is 1. The minimum absolute atomic E-state index is 0.307. The van der Waals surface area contributed by atoms with Crippen molar-refractivity contribution in [3.63, 3.8) is 0 Å². The first-order chi connectivity index (χ1) is 13.5. The summed E-state index contributed by atoms with van der Waals surface area (Å²) in [6.45, 7) is 2.14. The van der Waals surface area contributed by atoms with E-state index in [1.54, 1.807) is 12.1 Å². The molecule has 3 nitrogen and oxygen atoms in total. The van der Waals surface area contributed by atoms with Crippen LogP contribution in [0.2, 0.25) is 0 Å². The molecule has 0 aromatic heterocycles. The van der Waals surface area contributed by atoms with Gasteiger partial charge in [0.25, 0.3) is 0 Å². The van der Waals surface area contributed by atoms with Gasteiger partial charge in [-0.1, -0.05) is 49.4 Å². The van der Waals surface area contributed by atoms with Gasteiger partial charge in [0.05, 0.1) is 4.90 Å². The summed E-state index contributed by atoms with van der Waals surface area (Å²) in [5.41, 5.74) is 5.54. The van der Waals surface area contributed by atoms with Crippen molar-refractivity contribution in [2.24, 2.45) is 0 Å². The number of sulfone groups is 1. The summed E-state index contributed by atoms with van der Waals surface area (Å²) in [6.07, 6.45) is 2.98. The van der Waals surface area contributed by atoms with Crippen LogP contribution in [0.5, 0.6) is 5.75 Å². The Morgan fingerprint density at radius 1 is 0.857 bits per heavy atom. The SMILES string of the molecule is CCc1ccc(C2=C(c3ccc(S(C)(=O)=O)cc3)Oc3ccccc3C2)cc1. The second kappa shape index (κ2) is 7.28. The number of allylic oxidation sites excluding steroid dienone is 1. The molecular weight excluding hydrogens is 368 g/mol. The average molecular weight is 391 g/mol. The molecule has 0 amide bonds. The van der Waals surface area contributed by atoms with Crippen LogP contribution in [0.4, 0.5) is 0 Å². The Bertz CT molecular complexity index is 1140. The molecule has 0 spiro atoms. The Morgan fingerprint density at radius 3 is 2.14 bits per heavy atom. The molecule has 0 unspecified atom stereocenters. The van der Waals surface area contributed by atoms with Crippen molar-refractivity contribution in [2.45, 2.75) is 24.7 Å². The van der Waals surface area contributed by atoms with Gasteiger partial charge in [0.1, 0.15) is 11.5 Å². The summed E-state index contributed by atoms with van der Waals surface area (Å²) in [5.74, 6) is 1.63. The van der Waals surface area contributed by atoms with E-state index in [0.29, 0.717) is 4.90 Å². The number of para-hydroxylation sites is 1. The zero-order valence-electron chi connectivity index (χ0n) is 16.0. The monoisotopic (exact) mass is 390 g/mol. The first-order valence-electron chi connectivity index (χ1n) is 9.34. The van der Waals surface area contributed by atoms with Gasteiger partial charge in [-0.05, 0) is 53.4 Å². The highest BCUT2D eigenvalue weighted by Crippen LogP contribution is 2.39. The number of hydrogen-bond acceptors (Lipinski definition) is 3. The van der Waals surface area contributed by atoms with Gasteiger partial charge in [0.15, 0.2) is 9.84 Å². The maximum absolute atomic E-state index is 11.8. The van der Waals surface area contributed by atoms with Crippen LogP contribution >= 0.6 is 0 Å². The van der Waals surface area contributed by atoms with E-state index in [4.69, 9.17) is 4.74 Å². The van der Waals surface area contributed by atoms with E-state index in [9.17, 15) is 8.42 Å². The molecule has 0 radical (unpaired) electrons. The number of benzene rings is 3. The number of ether oxygens (including phenoxy) is 1. The third kappa shape index (κ3) is 3.60. The van der Waals surface area contributed by atoms with Crippen LogP contribution in [0.15, 0.2) is 77.7 Å². The van der Waals surface area contributed by atoms with E-state index >= 15 is 0 Å². The van der Waals surface area contributed by atoms with Gasteiger partial charge >= 0.3 is 0 Å². The summed E-state index contributed by atoms with van der Waals surface area (Å²) >= 11 is 0. The summed E-state index contributed by atoms with van der Waals surface area (Å²) in [6, 6.07) is 23.5. The van der Waals surface area contributed by atoms with Crippen LogP contribution in [-0.4, -0.2) is 14.7 Å². The minimum Gasteiger partial charge on any atom is -0.456 e. The van der Waals surface area contributed by atoms with Crippen LogP contribution in [0.1, 0.15) is 29.2 Å². The van der Waals surface area contributed by atoms with Gasteiger partial charge in [-0.15, -0.1) is 0 Å². The minimum atomic E-state index is -3.23. The van der Waals surface area contributed by atoms with Gasteiger partial charge in [0, 0.05) is 23.8 Å². The molecule has 0 saturated heterocycles. The number of rotatable bonds is 4. The van der Waals surface area contributed by atoms with E-state index in [2.05, 4.69) is 37.3 Å². The largest absolute Gasteiger partial charge is 0.456 e. The molecule has 1 heterocycles. The molecule has 3 aromatic rings. The molecule has 0 atom stereocenters. The lowest BCUT2D eigenvalue weighted by molar-refractivity contribution is 0.502. The topological polar surface area (TPSA) is 43.4 Å². The normalized spacial score (nSPS) is 13.8. The van der Waals surface area contributed by atoms with Crippen molar-refractivity contribution >= 4 is 21.2 Å². The van der Waals surface area contributed by atoms with E-state index in [0.717, 1.165) is 46.6 Å². The van der Waals surface area contributed by atoms with Crippen LogP contribution < -0.4 is 4.74 Å².